The average molecular weight is 213 g/mol. The number of hydrogen-bond donors (Lipinski definition) is 1. The number of rotatable bonds is 4. The van der Waals surface area contributed by atoms with Gasteiger partial charge in [0.05, 0.1) is 12.2 Å². The summed E-state index contributed by atoms with van der Waals surface area (Å²) in [6, 6.07) is 0.559. The van der Waals surface area contributed by atoms with Crippen LogP contribution in [0.15, 0.2) is 0 Å². The summed E-state index contributed by atoms with van der Waals surface area (Å²) in [5.74, 6) is 0. The summed E-state index contributed by atoms with van der Waals surface area (Å²) in [4.78, 5) is 0. The standard InChI is InChI=1S/C12H23NO2/c1-14-9-4-5-11-12(6-2-3-7-12)15-10-8-13-11/h11,13H,2-10H2,1H3. The lowest BCUT2D eigenvalue weighted by Crippen LogP contribution is -2.56. The van der Waals surface area contributed by atoms with Gasteiger partial charge in [-0.3, -0.25) is 0 Å². The molecule has 2 fully saturated rings. The Morgan fingerprint density at radius 1 is 1.40 bits per heavy atom. The van der Waals surface area contributed by atoms with Crippen molar-refractivity contribution in [1.82, 2.24) is 5.32 Å². The van der Waals surface area contributed by atoms with Gasteiger partial charge in [-0.05, 0) is 25.7 Å². The van der Waals surface area contributed by atoms with E-state index in [0.717, 1.165) is 26.2 Å². The Balaban J connectivity index is 1.88. The number of ether oxygens (including phenoxy) is 2. The van der Waals surface area contributed by atoms with E-state index in [2.05, 4.69) is 5.32 Å². The number of hydrogen-bond acceptors (Lipinski definition) is 3. The topological polar surface area (TPSA) is 30.5 Å². The van der Waals surface area contributed by atoms with Crippen molar-refractivity contribution in [2.24, 2.45) is 0 Å². The summed E-state index contributed by atoms with van der Waals surface area (Å²) in [5.41, 5.74) is 0.173. The van der Waals surface area contributed by atoms with Gasteiger partial charge in [-0.2, -0.15) is 0 Å². The van der Waals surface area contributed by atoms with E-state index in [1.165, 1.54) is 32.1 Å². The summed E-state index contributed by atoms with van der Waals surface area (Å²) in [6.07, 6.45) is 7.49. The average Bonchev–Trinajstić information content (AvgIpc) is 2.71. The summed E-state index contributed by atoms with van der Waals surface area (Å²) in [5, 5.41) is 3.63. The lowest BCUT2D eigenvalue weighted by atomic mass is 9.87. The number of nitrogens with one attached hydrogen (secondary N) is 1. The van der Waals surface area contributed by atoms with E-state index in [1.54, 1.807) is 7.11 Å². The Bertz CT molecular complexity index is 190. The molecule has 1 aliphatic carbocycles. The molecule has 1 saturated heterocycles. The van der Waals surface area contributed by atoms with Crippen LogP contribution in [0.1, 0.15) is 38.5 Å². The first kappa shape index (κ1) is 11.4. The van der Waals surface area contributed by atoms with Crippen molar-refractivity contribution >= 4 is 0 Å². The van der Waals surface area contributed by atoms with Crippen LogP contribution in [-0.2, 0) is 9.47 Å². The van der Waals surface area contributed by atoms with Crippen LogP contribution >= 0.6 is 0 Å². The van der Waals surface area contributed by atoms with Crippen LogP contribution in [0, 0.1) is 0 Å². The zero-order valence-corrected chi connectivity index (χ0v) is 9.76. The number of methoxy groups -OCH3 is 1. The quantitative estimate of drug-likeness (QED) is 0.721. The van der Waals surface area contributed by atoms with E-state index < -0.39 is 0 Å². The Hall–Kier alpha value is -0.120. The van der Waals surface area contributed by atoms with Crippen LogP contribution in [0.4, 0.5) is 0 Å². The van der Waals surface area contributed by atoms with Gasteiger partial charge in [-0.25, -0.2) is 0 Å². The lowest BCUT2D eigenvalue weighted by Gasteiger charge is -2.42. The van der Waals surface area contributed by atoms with Gasteiger partial charge in [0.15, 0.2) is 0 Å². The highest BCUT2D eigenvalue weighted by atomic mass is 16.5. The monoisotopic (exact) mass is 213 g/mol. The maximum absolute atomic E-state index is 6.07. The Morgan fingerprint density at radius 2 is 2.20 bits per heavy atom. The molecular weight excluding hydrogens is 190 g/mol. The van der Waals surface area contributed by atoms with Crippen LogP contribution in [0.5, 0.6) is 0 Å². The minimum Gasteiger partial charge on any atom is -0.385 e. The molecule has 0 amide bonds. The van der Waals surface area contributed by atoms with Crippen molar-refractivity contribution in [1.29, 1.82) is 0 Å². The highest BCUT2D eigenvalue weighted by molar-refractivity contribution is 4.98. The van der Waals surface area contributed by atoms with E-state index >= 15 is 0 Å². The van der Waals surface area contributed by atoms with Crippen molar-refractivity contribution in [3.05, 3.63) is 0 Å². The molecule has 3 heteroatoms. The zero-order valence-electron chi connectivity index (χ0n) is 9.76. The molecule has 15 heavy (non-hydrogen) atoms. The molecule has 0 aromatic carbocycles. The van der Waals surface area contributed by atoms with Crippen molar-refractivity contribution < 1.29 is 9.47 Å². The van der Waals surface area contributed by atoms with Crippen LogP contribution in [0.2, 0.25) is 0 Å². The van der Waals surface area contributed by atoms with E-state index in [-0.39, 0.29) is 5.60 Å². The van der Waals surface area contributed by atoms with E-state index in [1.807, 2.05) is 0 Å². The maximum atomic E-state index is 6.07. The van der Waals surface area contributed by atoms with Crippen LogP contribution < -0.4 is 5.32 Å². The predicted molar refractivity (Wildman–Crippen MR) is 60.1 cm³/mol. The Labute approximate surface area is 92.5 Å². The van der Waals surface area contributed by atoms with Crippen LogP contribution in [0.3, 0.4) is 0 Å². The predicted octanol–water partition coefficient (Wildman–Crippen LogP) is 1.71. The van der Waals surface area contributed by atoms with Crippen molar-refractivity contribution in [3.63, 3.8) is 0 Å². The fraction of sp³-hybridized carbons (Fsp3) is 1.00. The molecular formula is C12H23NO2. The second-order valence-electron chi connectivity index (χ2n) is 4.76. The molecule has 1 spiro atoms. The van der Waals surface area contributed by atoms with Crippen molar-refractivity contribution in [2.75, 3.05) is 26.9 Å². The first-order valence-electron chi connectivity index (χ1n) is 6.24. The molecule has 88 valence electrons. The molecule has 0 radical (unpaired) electrons. The summed E-state index contributed by atoms with van der Waals surface area (Å²) in [6.45, 7) is 2.77. The van der Waals surface area contributed by atoms with Gasteiger partial charge in [0.1, 0.15) is 0 Å². The summed E-state index contributed by atoms with van der Waals surface area (Å²) < 4.78 is 11.2. The molecule has 3 nitrogen and oxygen atoms in total. The zero-order chi connectivity index (χ0) is 10.6. The SMILES string of the molecule is COCCCC1NCCOC12CCCC2. The highest BCUT2D eigenvalue weighted by Crippen LogP contribution is 2.38. The van der Waals surface area contributed by atoms with E-state index in [9.17, 15) is 0 Å². The Kier molecular flexibility index (Phi) is 4.00. The molecule has 1 atom stereocenters. The first-order chi connectivity index (χ1) is 7.37. The second-order valence-corrected chi connectivity index (χ2v) is 4.76. The molecule has 1 heterocycles. The van der Waals surface area contributed by atoms with Gasteiger partial charge in [-0.1, -0.05) is 12.8 Å². The fourth-order valence-corrected chi connectivity index (χ4v) is 3.04. The molecule has 0 bridgehead atoms. The molecule has 1 unspecified atom stereocenters. The third kappa shape index (κ3) is 2.52. The fourth-order valence-electron chi connectivity index (χ4n) is 3.04. The van der Waals surface area contributed by atoms with Gasteiger partial charge >= 0.3 is 0 Å². The minimum atomic E-state index is 0.173. The van der Waals surface area contributed by atoms with Crippen molar-refractivity contribution in [3.8, 4) is 0 Å². The van der Waals surface area contributed by atoms with Gasteiger partial charge in [0.25, 0.3) is 0 Å². The number of morpholine rings is 1. The molecule has 2 aliphatic rings. The first-order valence-corrected chi connectivity index (χ1v) is 6.24. The van der Waals surface area contributed by atoms with Crippen molar-refractivity contribution in [2.45, 2.75) is 50.2 Å². The molecule has 1 saturated carbocycles. The molecule has 0 aromatic heterocycles. The maximum Gasteiger partial charge on any atom is 0.0835 e. The van der Waals surface area contributed by atoms with E-state index in [4.69, 9.17) is 9.47 Å². The second kappa shape index (κ2) is 5.28. The largest absolute Gasteiger partial charge is 0.385 e. The van der Waals surface area contributed by atoms with Crippen LogP contribution in [0.25, 0.3) is 0 Å². The van der Waals surface area contributed by atoms with Gasteiger partial charge in [-0.15, -0.1) is 0 Å². The summed E-state index contributed by atoms with van der Waals surface area (Å²) in [7, 11) is 1.77. The lowest BCUT2D eigenvalue weighted by molar-refractivity contribution is -0.0947. The van der Waals surface area contributed by atoms with Gasteiger partial charge < -0.3 is 14.8 Å². The van der Waals surface area contributed by atoms with Crippen LogP contribution in [-0.4, -0.2) is 38.5 Å². The minimum absolute atomic E-state index is 0.173. The smallest absolute Gasteiger partial charge is 0.0835 e. The third-order valence-corrected chi connectivity index (χ3v) is 3.81. The highest BCUT2D eigenvalue weighted by Gasteiger charge is 2.43. The normalized spacial score (nSPS) is 29.8. The Morgan fingerprint density at radius 3 is 2.93 bits per heavy atom. The summed E-state index contributed by atoms with van der Waals surface area (Å²) >= 11 is 0. The molecule has 1 aliphatic heterocycles. The molecule has 0 aromatic rings. The van der Waals surface area contributed by atoms with Gasteiger partial charge in [0, 0.05) is 26.3 Å². The van der Waals surface area contributed by atoms with E-state index in [0.29, 0.717) is 6.04 Å². The van der Waals surface area contributed by atoms with Gasteiger partial charge in [0.2, 0.25) is 0 Å². The molecule has 1 N–H and O–H groups in total. The third-order valence-electron chi connectivity index (χ3n) is 3.81. The molecule has 2 rings (SSSR count).